The van der Waals surface area contributed by atoms with E-state index in [4.69, 9.17) is 0 Å². The number of hydrogen-bond acceptors (Lipinski definition) is 0. The molecule has 0 nitrogen and oxygen atoms in total. The second-order valence-electron chi connectivity index (χ2n) is 10.1. The lowest BCUT2D eigenvalue weighted by atomic mass is 9.57. The molecule has 130 valence electrons. The molecule has 0 aromatic carbocycles. The minimum Gasteiger partial charge on any atom is -0.171 e. The van der Waals surface area contributed by atoms with Gasteiger partial charge in [-0.1, -0.05) is 41.0 Å². The SMILES string of the molecule is CC(C)(C)CC1CC(CC(C)(C)CC2(C(F)(F)F)CCC2)C1. The van der Waals surface area contributed by atoms with Crippen LogP contribution in [-0.4, -0.2) is 6.18 Å². The molecule has 0 unspecified atom stereocenters. The van der Waals surface area contributed by atoms with Gasteiger partial charge in [0.05, 0.1) is 5.41 Å². The van der Waals surface area contributed by atoms with Crippen molar-refractivity contribution in [2.75, 3.05) is 0 Å². The topological polar surface area (TPSA) is 0 Å². The van der Waals surface area contributed by atoms with Gasteiger partial charge in [-0.15, -0.1) is 0 Å². The van der Waals surface area contributed by atoms with E-state index in [-0.39, 0.29) is 5.41 Å². The maximum Gasteiger partial charge on any atom is 0.394 e. The second kappa shape index (κ2) is 5.70. The molecule has 0 radical (unpaired) electrons. The largest absolute Gasteiger partial charge is 0.394 e. The summed E-state index contributed by atoms with van der Waals surface area (Å²) >= 11 is 0. The Balaban J connectivity index is 1.83. The summed E-state index contributed by atoms with van der Waals surface area (Å²) in [7, 11) is 0. The summed E-state index contributed by atoms with van der Waals surface area (Å²) in [4.78, 5) is 0. The Morgan fingerprint density at radius 1 is 0.864 bits per heavy atom. The van der Waals surface area contributed by atoms with Gasteiger partial charge in [-0.25, -0.2) is 0 Å². The predicted molar refractivity (Wildman–Crippen MR) is 85.6 cm³/mol. The lowest BCUT2D eigenvalue weighted by Crippen LogP contribution is -2.47. The second-order valence-corrected chi connectivity index (χ2v) is 10.1. The monoisotopic (exact) mass is 318 g/mol. The zero-order valence-electron chi connectivity index (χ0n) is 14.9. The van der Waals surface area contributed by atoms with Gasteiger partial charge in [-0.05, 0) is 67.6 Å². The first-order valence-electron chi connectivity index (χ1n) is 8.89. The Bertz CT molecular complexity index is 376. The maximum absolute atomic E-state index is 13.4. The average molecular weight is 318 g/mol. The van der Waals surface area contributed by atoms with Crippen molar-refractivity contribution in [3.8, 4) is 0 Å². The fourth-order valence-corrected chi connectivity index (χ4v) is 5.01. The standard InChI is InChI=1S/C19H33F3/c1-16(2,3)11-14-9-15(10-14)12-17(4,5)13-18(7-6-8-18)19(20,21)22/h14-15H,6-13H2,1-5H3. The molecule has 0 N–H and O–H groups in total. The third kappa shape index (κ3) is 4.20. The molecule has 0 atom stereocenters. The highest BCUT2D eigenvalue weighted by molar-refractivity contribution is 4.98. The van der Waals surface area contributed by atoms with Crippen LogP contribution in [0.2, 0.25) is 0 Å². The van der Waals surface area contributed by atoms with Crippen molar-refractivity contribution in [2.45, 2.75) is 92.2 Å². The molecule has 0 aliphatic heterocycles. The molecule has 2 aliphatic rings. The highest BCUT2D eigenvalue weighted by Gasteiger charge is 2.59. The van der Waals surface area contributed by atoms with E-state index in [2.05, 4.69) is 34.6 Å². The summed E-state index contributed by atoms with van der Waals surface area (Å²) in [6.45, 7) is 10.9. The van der Waals surface area contributed by atoms with Gasteiger partial charge in [-0.3, -0.25) is 0 Å². The first kappa shape index (κ1) is 18.1. The molecular formula is C19H33F3. The van der Waals surface area contributed by atoms with E-state index in [0.29, 0.717) is 30.6 Å². The number of hydrogen-bond donors (Lipinski definition) is 0. The summed E-state index contributed by atoms with van der Waals surface area (Å²) in [5.74, 6) is 1.44. The van der Waals surface area contributed by atoms with Crippen LogP contribution in [0.5, 0.6) is 0 Å². The van der Waals surface area contributed by atoms with E-state index in [9.17, 15) is 13.2 Å². The molecule has 0 saturated heterocycles. The molecule has 0 aromatic rings. The Kier molecular flexibility index (Phi) is 4.70. The highest BCUT2D eigenvalue weighted by Crippen LogP contribution is 2.60. The molecule has 22 heavy (non-hydrogen) atoms. The summed E-state index contributed by atoms with van der Waals surface area (Å²) in [5.41, 5.74) is -1.18. The van der Waals surface area contributed by atoms with Crippen LogP contribution < -0.4 is 0 Å². The van der Waals surface area contributed by atoms with Crippen molar-refractivity contribution in [3.63, 3.8) is 0 Å². The van der Waals surface area contributed by atoms with Gasteiger partial charge in [-0.2, -0.15) is 13.2 Å². The molecule has 0 spiro atoms. The molecule has 0 bridgehead atoms. The third-order valence-electron chi connectivity index (χ3n) is 5.80. The van der Waals surface area contributed by atoms with Crippen LogP contribution >= 0.6 is 0 Å². The molecule has 0 heterocycles. The van der Waals surface area contributed by atoms with Crippen molar-refractivity contribution in [1.29, 1.82) is 0 Å². The van der Waals surface area contributed by atoms with Crippen molar-refractivity contribution >= 4 is 0 Å². The van der Waals surface area contributed by atoms with Crippen LogP contribution in [0, 0.1) is 28.1 Å². The first-order valence-corrected chi connectivity index (χ1v) is 8.89. The van der Waals surface area contributed by atoms with Gasteiger partial charge in [0.2, 0.25) is 0 Å². The van der Waals surface area contributed by atoms with E-state index in [1.807, 2.05) is 0 Å². The van der Waals surface area contributed by atoms with Gasteiger partial charge >= 0.3 is 6.18 Å². The zero-order chi connectivity index (χ0) is 16.8. The van der Waals surface area contributed by atoms with E-state index in [1.165, 1.54) is 19.3 Å². The Hall–Kier alpha value is -0.210. The quantitative estimate of drug-likeness (QED) is 0.512. The van der Waals surface area contributed by atoms with Crippen molar-refractivity contribution in [1.82, 2.24) is 0 Å². The third-order valence-corrected chi connectivity index (χ3v) is 5.80. The molecule has 3 heteroatoms. The van der Waals surface area contributed by atoms with Gasteiger partial charge in [0, 0.05) is 0 Å². The van der Waals surface area contributed by atoms with Crippen LogP contribution in [0.15, 0.2) is 0 Å². The number of halogens is 3. The fourth-order valence-electron chi connectivity index (χ4n) is 5.01. The maximum atomic E-state index is 13.4. The van der Waals surface area contributed by atoms with Crippen LogP contribution in [0.1, 0.15) is 86.0 Å². The molecule has 2 fully saturated rings. The molecular weight excluding hydrogens is 285 g/mol. The normalized spacial score (nSPS) is 28.9. The predicted octanol–water partition coefficient (Wildman–Crippen LogP) is 6.99. The lowest BCUT2D eigenvalue weighted by Gasteiger charge is -2.49. The molecule has 0 amide bonds. The summed E-state index contributed by atoms with van der Waals surface area (Å²) < 4.78 is 40.1. The molecule has 0 aromatic heterocycles. The van der Waals surface area contributed by atoms with Crippen LogP contribution in [0.3, 0.4) is 0 Å². The van der Waals surface area contributed by atoms with Crippen molar-refractivity contribution in [2.24, 2.45) is 28.1 Å². The lowest BCUT2D eigenvalue weighted by molar-refractivity contribution is -0.261. The molecule has 2 aliphatic carbocycles. The van der Waals surface area contributed by atoms with Crippen LogP contribution in [0.4, 0.5) is 13.2 Å². The zero-order valence-corrected chi connectivity index (χ0v) is 14.9. The van der Waals surface area contributed by atoms with E-state index in [1.54, 1.807) is 0 Å². The number of alkyl halides is 3. The Morgan fingerprint density at radius 3 is 1.73 bits per heavy atom. The average Bonchev–Trinajstić information content (AvgIpc) is 2.16. The van der Waals surface area contributed by atoms with Crippen LogP contribution in [-0.2, 0) is 0 Å². The van der Waals surface area contributed by atoms with Gasteiger partial charge < -0.3 is 0 Å². The smallest absolute Gasteiger partial charge is 0.171 e. The first-order chi connectivity index (χ1) is 9.82. The Labute approximate surface area is 134 Å². The van der Waals surface area contributed by atoms with Gasteiger partial charge in [0.1, 0.15) is 0 Å². The molecule has 2 rings (SSSR count). The summed E-state index contributed by atoms with van der Waals surface area (Å²) in [5, 5.41) is 0. The summed E-state index contributed by atoms with van der Waals surface area (Å²) in [6.07, 6.45) is 2.39. The van der Waals surface area contributed by atoms with E-state index >= 15 is 0 Å². The van der Waals surface area contributed by atoms with Crippen LogP contribution in [0.25, 0.3) is 0 Å². The Morgan fingerprint density at radius 2 is 1.36 bits per heavy atom. The van der Waals surface area contributed by atoms with Crippen molar-refractivity contribution in [3.05, 3.63) is 0 Å². The number of rotatable bonds is 5. The van der Waals surface area contributed by atoms with Gasteiger partial charge in [0.15, 0.2) is 0 Å². The molecule has 2 saturated carbocycles. The van der Waals surface area contributed by atoms with Crippen molar-refractivity contribution < 1.29 is 13.2 Å². The van der Waals surface area contributed by atoms with E-state index in [0.717, 1.165) is 18.8 Å². The minimum absolute atomic E-state index is 0.187. The fraction of sp³-hybridized carbons (Fsp3) is 1.00. The highest BCUT2D eigenvalue weighted by atomic mass is 19.4. The van der Waals surface area contributed by atoms with Gasteiger partial charge in [0.25, 0.3) is 0 Å². The summed E-state index contributed by atoms with van der Waals surface area (Å²) in [6, 6.07) is 0. The minimum atomic E-state index is -4.02. The van der Waals surface area contributed by atoms with E-state index < -0.39 is 11.6 Å².